The lowest BCUT2D eigenvalue weighted by Gasteiger charge is -2.38. The number of amides is 2. The first-order chi connectivity index (χ1) is 18.3. The van der Waals surface area contributed by atoms with E-state index in [1.54, 1.807) is 0 Å². The van der Waals surface area contributed by atoms with E-state index in [0.29, 0.717) is 12.8 Å². The summed E-state index contributed by atoms with van der Waals surface area (Å²) in [5.74, 6) is -2.85. The molecular formula is C27H28F2N4O4S. The van der Waals surface area contributed by atoms with Gasteiger partial charge in [0.15, 0.2) is 0 Å². The number of thiazole rings is 1. The number of nitrogens with zero attached hydrogens (tertiary/aromatic N) is 2. The molecule has 1 aromatic carbocycles. The van der Waals surface area contributed by atoms with Crippen LogP contribution in [0.5, 0.6) is 0 Å². The second kappa shape index (κ2) is 12.2. The standard InChI is InChI=1S/C27H28F2N4O4S/c1-37-22(34)9-6-13-27(11-3-2-4-12-27)33-24(35)17-10-14-30-15-20(17)31-25(36)21-16-38-26(32-21)23-18(28)7-5-8-19(23)29/h5,7-8,10,14-16H,2-4,6,9,11-13H2,1H3,(H,31,36)(H,33,35). The van der Waals surface area contributed by atoms with Crippen LogP contribution < -0.4 is 10.6 Å². The Morgan fingerprint density at radius 2 is 1.82 bits per heavy atom. The van der Waals surface area contributed by atoms with E-state index in [1.807, 2.05) is 0 Å². The first-order valence-electron chi connectivity index (χ1n) is 12.4. The molecule has 8 nitrogen and oxygen atoms in total. The normalized spacial score (nSPS) is 14.5. The van der Waals surface area contributed by atoms with Gasteiger partial charge in [0.25, 0.3) is 11.8 Å². The number of rotatable bonds is 9. The molecule has 11 heteroatoms. The smallest absolute Gasteiger partial charge is 0.305 e. The van der Waals surface area contributed by atoms with Gasteiger partial charge in [-0.3, -0.25) is 19.4 Å². The number of halogens is 2. The quantitative estimate of drug-likeness (QED) is 0.345. The minimum absolute atomic E-state index is 0.0288. The summed E-state index contributed by atoms with van der Waals surface area (Å²) in [7, 11) is 1.35. The van der Waals surface area contributed by atoms with Gasteiger partial charge in [0.05, 0.1) is 30.1 Å². The van der Waals surface area contributed by atoms with E-state index >= 15 is 0 Å². The molecule has 1 aliphatic carbocycles. The molecule has 1 saturated carbocycles. The summed E-state index contributed by atoms with van der Waals surface area (Å²) in [6.45, 7) is 0. The van der Waals surface area contributed by atoms with Crippen molar-refractivity contribution in [2.24, 2.45) is 0 Å². The van der Waals surface area contributed by atoms with E-state index < -0.39 is 23.1 Å². The zero-order valence-corrected chi connectivity index (χ0v) is 21.7. The highest BCUT2D eigenvalue weighted by Crippen LogP contribution is 2.34. The van der Waals surface area contributed by atoms with Gasteiger partial charge >= 0.3 is 5.97 Å². The van der Waals surface area contributed by atoms with Gasteiger partial charge in [-0.25, -0.2) is 13.8 Å². The molecule has 0 aliphatic heterocycles. The van der Waals surface area contributed by atoms with Crippen LogP contribution in [0.25, 0.3) is 10.6 Å². The van der Waals surface area contributed by atoms with Crippen molar-refractivity contribution in [1.82, 2.24) is 15.3 Å². The Balaban J connectivity index is 1.49. The third kappa shape index (κ3) is 6.39. The van der Waals surface area contributed by atoms with Crippen molar-refractivity contribution < 1.29 is 27.9 Å². The van der Waals surface area contributed by atoms with Crippen LogP contribution in [0.4, 0.5) is 14.5 Å². The molecule has 0 unspecified atom stereocenters. The van der Waals surface area contributed by atoms with Crippen LogP contribution in [0, 0.1) is 11.6 Å². The lowest BCUT2D eigenvalue weighted by molar-refractivity contribution is -0.140. The predicted octanol–water partition coefficient (Wildman–Crippen LogP) is 5.51. The van der Waals surface area contributed by atoms with Gasteiger partial charge in [0, 0.05) is 23.5 Å². The number of esters is 1. The first kappa shape index (κ1) is 27.3. The van der Waals surface area contributed by atoms with Gasteiger partial charge in [-0.05, 0) is 43.9 Å². The molecule has 2 aromatic heterocycles. The van der Waals surface area contributed by atoms with Crippen molar-refractivity contribution in [2.75, 3.05) is 12.4 Å². The maximum absolute atomic E-state index is 14.1. The lowest BCUT2D eigenvalue weighted by atomic mass is 9.78. The number of anilines is 1. The van der Waals surface area contributed by atoms with E-state index in [9.17, 15) is 23.2 Å². The fraction of sp³-hybridized carbons (Fsp3) is 0.370. The number of benzene rings is 1. The molecule has 3 aromatic rings. The van der Waals surface area contributed by atoms with Crippen LogP contribution in [0.2, 0.25) is 0 Å². The Hall–Kier alpha value is -3.73. The molecule has 0 spiro atoms. The van der Waals surface area contributed by atoms with Crippen LogP contribution in [0.15, 0.2) is 42.0 Å². The van der Waals surface area contributed by atoms with Gasteiger partial charge in [0.1, 0.15) is 22.3 Å². The van der Waals surface area contributed by atoms with E-state index in [2.05, 4.69) is 20.6 Å². The van der Waals surface area contributed by atoms with Crippen molar-refractivity contribution in [3.8, 4) is 10.6 Å². The third-order valence-corrected chi connectivity index (χ3v) is 7.54. The minimum Gasteiger partial charge on any atom is -0.469 e. The molecule has 1 fully saturated rings. The Bertz CT molecular complexity index is 1300. The Morgan fingerprint density at radius 1 is 1.08 bits per heavy atom. The summed E-state index contributed by atoms with van der Waals surface area (Å²) in [6.07, 6.45) is 8.91. The summed E-state index contributed by atoms with van der Waals surface area (Å²) in [5, 5.41) is 7.24. The Kier molecular flexibility index (Phi) is 8.77. The number of carbonyl (C=O) groups excluding carboxylic acids is 3. The number of nitrogens with one attached hydrogen (secondary N) is 2. The fourth-order valence-corrected chi connectivity index (χ4v) is 5.57. The summed E-state index contributed by atoms with van der Waals surface area (Å²) in [6, 6.07) is 5.00. The number of methoxy groups -OCH3 is 1. The van der Waals surface area contributed by atoms with E-state index in [0.717, 1.165) is 55.6 Å². The number of ether oxygens (including phenoxy) is 1. The molecular weight excluding hydrogens is 514 g/mol. The van der Waals surface area contributed by atoms with E-state index in [1.165, 1.54) is 37.0 Å². The van der Waals surface area contributed by atoms with Gasteiger partial charge < -0.3 is 15.4 Å². The van der Waals surface area contributed by atoms with Gasteiger partial charge in [-0.2, -0.15) is 0 Å². The maximum Gasteiger partial charge on any atom is 0.305 e. The molecule has 2 N–H and O–H groups in total. The summed E-state index contributed by atoms with van der Waals surface area (Å²) in [5.41, 5.74) is -0.400. The molecule has 2 amide bonds. The van der Waals surface area contributed by atoms with Crippen molar-refractivity contribution in [3.63, 3.8) is 0 Å². The average molecular weight is 543 g/mol. The van der Waals surface area contributed by atoms with Crippen molar-refractivity contribution in [1.29, 1.82) is 0 Å². The highest BCUT2D eigenvalue weighted by Gasteiger charge is 2.34. The predicted molar refractivity (Wildman–Crippen MR) is 139 cm³/mol. The minimum atomic E-state index is -0.777. The van der Waals surface area contributed by atoms with Crippen LogP contribution >= 0.6 is 11.3 Å². The van der Waals surface area contributed by atoms with Gasteiger partial charge in [-0.15, -0.1) is 11.3 Å². The third-order valence-electron chi connectivity index (χ3n) is 6.68. The highest BCUT2D eigenvalue weighted by molar-refractivity contribution is 7.13. The summed E-state index contributed by atoms with van der Waals surface area (Å²) in [4.78, 5) is 46.0. The molecule has 0 saturated heterocycles. The zero-order valence-electron chi connectivity index (χ0n) is 20.9. The lowest BCUT2D eigenvalue weighted by Crippen LogP contribution is -2.50. The van der Waals surface area contributed by atoms with Crippen molar-refractivity contribution in [3.05, 3.63) is 64.9 Å². The number of carbonyl (C=O) groups is 3. The number of hydrogen-bond donors (Lipinski definition) is 2. The maximum atomic E-state index is 14.1. The fourth-order valence-electron chi connectivity index (χ4n) is 4.72. The topological polar surface area (TPSA) is 110 Å². The van der Waals surface area contributed by atoms with Gasteiger partial charge in [0.2, 0.25) is 0 Å². The second-order valence-electron chi connectivity index (χ2n) is 9.23. The Labute approximate surface area is 222 Å². The molecule has 2 heterocycles. The van der Waals surface area contributed by atoms with Crippen molar-refractivity contribution >= 4 is 34.8 Å². The molecule has 0 radical (unpaired) electrons. The molecule has 1 aliphatic rings. The van der Waals surface area contributed by atoms with Crippen molar-refractivity contribution in [2.45, 2.75) is 56.9 Å². The number of pyridine rings is 1. The van der Waals surface area contributed by atoms with E-state index in [-0.39, 0.29) is 45.8 Å². The molecule has 0 bridgehead atoms. The Morgan fingerprint density at radius 3 is 2.53 bits per heavy atom. The largest absolute Gasteiger partial charge is 0.469 e. The SMILES string of the molecule is COC(=O)CCCC1(NC(=O)c2ccncc2NC(=O)c2csc(-c3c(F)cccc3F)n2)CCCCC1. The first-order valence-corrected chi connectivity index (χ1v) is 13.2. The molecule has 4 rings (SSSR count). The van der Waals surface area contributed by atoms with Crippen LogP contribution in [-0.2, 0) is 9.53 Å². The molecule has 200 valence electrons. The molecule has 0 atom stereocenters. The monoisotopic (exact) mass is 542 g/mol. The van der Waals surface area contributed by atoms with Crippen LogP contribution in [0.1, 0.15) is 72.2 Å². The highest BCUT2D eigenvalue weighted by atomic mass is 32.1. The zero-order chi connectivity index (χ0) is 27.1. The van der Waals surface area contributed by atoms with Crippen LogP contribution in [0.3, 0.4) is 0 Å². The average Bonchev–Trinajstić information content (AvgIpc) is 3.39. The number of hydrogen-bond acceptors (Lipinski definition) is 7. The van der Waals surface area contributed by atoms with Crippen LogP contribution in [-0.4, -0.2) is 40.4 Å². The number of aromatic nitrogens is 2. The van der Waals surface area contributed by atoms with Gasteiger partial charge in [-0.1, -0.05) is 25.3 Å². The molecule has 38 heavy (non-hydrogen) atoms. The summed E-state index contributed by atoms with van der Waals surface area (Å²) >= 11 is 0.935. The van der Waals surface area contributed by atoms with E-state index in [4.69, 9.17) is 4.74 Å². The summed E-state index contributed by atoms with van der Waals surface area (Å²) < 4.78 is 33.0. The second-order valence-corrected chi connectivity index (χ2v) is 10.1.